The number of halogens is 1. The fraction of sp³-hybridized carbons (Fsp3) is 0.200. The summed E-state index contributed by atoms with van der Waals surface area (Å²) in [4.78, 5) is 0. The van der Waals surface area contributed by atoms with Gasteiger partial charge < -0.3 is 9.84 Å². The topological polar surface area (TPSA) is 29.5 Å². The molecule has 0 heterocycles. The molecule has 0 amide bonds. The summed E-state index contributed by atoms with van der Waals surface area (Å²) in [5.74, 6) is 0.700. The number of ether oxygens (including phenoxy) is 1. The van der Waals surface area contributed by atoms with Crippen molar-refractivity contribution in [3.63, 3.8) is 0 Å². The maximum atomic E-state index is 9.02. The van der Waals surface area contributed by atoms with E-state index in [4.69, 9.17) is 9.84 Å². The zero-order chi connectivity index (χ0) is 9.68. The van der Waals surface area contributed by atoms with Gasteiger partial charge in [-0.05, 0) is 18.2 Å². The van der Waals surface area contributed by atoms with E-state index < -0.39 is 0 Å². The van der Waals surface area contributed by atoms with Crippen LogP contribution in [0.25, 0.3) is 0 Å². The van der Waals surface area contributed by atoms with Crippen LogP contribution in [0.4, 0.5) is 0 Å². The maximum Gasteiger partial charge on any atom is 0.125 e. The Kier molecular flexibility index (Phi) is 3.99. The molecule has 13 heavy (non-hydrogen) atoms. The fourth-order valence-electron chi connectivity index (χ4n) is 0.961. The first-order chi connectivity index (χ1) is 6.27. The van der Waals surface area contributed by atoms with Crippen LogP contribution in [0.2, 0.25) is 0 Å². The number of aliphatic hydroxyl groups excluding tert-OH is 1. The predicted octanol–water partition coefficient (Wildman–Crippen LogP) is 2.51. The molecule has 0 saturated heterocycles. The van der Waals surface area contributed by atoms with Gasteiger partial charge in [-0.2, -0.15) is 0 Å². The maximum absolute atomic E-state index is 9.02. The molecule has 0 atom stereocenters. The molecule has 0 bridgehead atoms. The van der Waals surface area contributed by atoms with Gasteiger partial charge in [0.1, 0.15) is 12.4 Å². The molecule has 1 aromatic rings. The SMILES string of the molecule is C=CCOc1ccc(Br)cc1CO. The largest absolute Gasteiger partial charge is 0.489 e. The van der Waals surface area contributed by atoms with Gasteiger partial charge in [0.25, 0.3) is 0 Å². The normalized spacial score (nSPS) is 9.69. The van der Waals surface area contributed by atoms with E-state index in [1.54, 1.807) is 6.08 Å². The zero-order valence-electron chi connectivity index (χ0n) is 7.16. The predicted molar refractivity (Wildman–Crippen MR) is 55.8 cm³/mol. The molecule has 2 nitrogen and oxygen atoms in total. The van der Waals surface area contributed by atoms with Crippen molar-refractivity contribution in [1.29, 1.82) is 0 Å². The third-order valence-electron chi connectivity index (χ3n) is 1.55. The van der Waals surface area contributed by atoms with E-state index in [0.717, 1.165) is 10.0 Å². The summed E-state index contributed by atoms with van der Waals surface area (Å²) in [5.41, 5.74) is 0.774. The van der Waals surface area contributed by atoms with Crippen molar-refractivity contribution < 1.29 is 9.84 Å². The summed E-state index contributed by atoms with van der Waals surface area (Å²) < 4.78 is 6.27. The van der Waals surface area contributed by atoms with Crippen molar-refractivity contribution in [2.75, 3.05) is 6.61 Å². The molecule has 1 rings (SSSR count). The van der Waals surface area contributed by atoms with E-state index >= 15 is 0 Å². The molecule has 0 saturated carbocycles. The lowest BCUT2D eigenvalue weighted by atomic mass is 10.2. The van der Waals surface area contributed by atoms with Gasteiger partial charge in [0, 0.05) is 10.0 Å². The quantitative estimate of drug-likeness (QED) is 0.823. The zero-order valence-corrected chi connectivity index (χ0v) is 8.75. The molecule has 0 aliphatic carbocycles. The lowest BCUT2D eigenvalue weighted by Crippen LogP contribution is -1.97. The van der Waals surface area contributed by atoms with Crippen molar-refractivity contribution in [2.45, 2.75) is 6.61 Å². The van der Waals surface area contributed by atoms with Crippen molar-refractivity contribution in [3.05, 3.63) is 40.9 Å². The summed E-state index contributed by atoms with van der Waals surface area (Å²) >= 11 is 3.32. The highest BCUT2D eigenvalue weighted by Crippen LogP contribution is 2.23. The standard InChI is InChI=1S/C10H11BrO2/c1-2-5-13-10-4-3-9(11)6-8(10)7-12/h2-4,6,12H,1,5,7H2. The number of aliphatic hydroxyl groups is 1. The third-order valence-corrected chi connectivity index (χ3v) is 2.04. The second-order valence-electron chi connectivity index (χ2n) is 2.51. The molecular formula is C10H11BrO2. The van der Waals surface area contributed by atoms with E-state index in [9.17, 15) is 0 Å². The highest BCUT2D eigenvalue weighted by atomic mass is 79.9. The molecule has 0 radical (unpaired) electrons. The van der Waals surface area contributed by atoms with Gasteiger partial charge in [0.05, 0.1) is 6.61 Å². The van der Waals surface area contributed by atoms with E-state index in [0.29, 0.717) is 12.4 Å². The van der Waals surface area contributed by atoms with Crippen LogP contribution in [-0.4, -0.2) is 11.7 Å². The fourth-order valence-corrected chi connectivity index (χ4v) is 1.37. The first kappa shape index (κ1) is 10.3. The number of hydrogen-bond donors (Lipinski definition) is 1. The number of hydrogen-bond acceptors (Lipinski definition) is 2. The minimum Gasteiger partial charge on any atom is -0.489 e. The Hall–Kier alpha value is -0.800. The number of benzene rings is 1. The molecule has 0 aliphatic heterocycles. The first-order valence-electron chi connectivity index (χ1n) is 3.91. The summed E-state index contributed by atoms with van der Waals surface area (Å²) in [6, 6.07) is 5.52. The van der Waals surface area contributed by atoms with Crippen LogP contribution in [0.5, 0.6) is 5.75 Å². The molecule has 0 aromatic heterocycles. The minimum atomic E-state index is -0.0219. The molecule has 0 aliphatic rings. The Morgan fingerprint density at radius 2 is 2.31 bits per heavy atom. The highest BCUT2D eigenvalue weighted by molar-refractivity contribution is 9.10. The summed E-state index contributed by atoms with van der Waals surface area (Å²) in [5, 5.41) is 9.02. The van der Waals surface area contributed by atoms with Crippen molar-refractivity contribution in [1.82, 2.24) is 0 Å². The molecule has 1 N–H and O–H groups in total. The van der Waals surface area contributed by atoms with Crippen molar-refractivity contribution >= 4 is 15.9 Å². The third kappa shape index (κ3) is 2.86. The van der Waals surface area contributed by atoms with E-state index in [-0.39, 0.29) is 6.61 Å². The van der Waals surface area contributed by atoms with Crippen LogP contribution in [-0.2, 0) is 6.61 Å². The Morgan fingerprint density at radius 3 is 2.92 bits per heavy atom. The van der Waals surface area contributed by atoms with Gasteiger partial charge in [-0.1, -0.05) is 28.6 Å². The monoisotopic (exact) mass is 242 g/mol. The van der Waals surface area contributed by atoms with Gasteiger partial charge in [-0.15, -0.1) is 0 Å². The highest BCUT2D eigenvalue weighted by Gasteiger charge is 2.02. The van der Waals surface area contributed by atoms with E-state index in [1.807, 2.05) is 18.2 Å². The van der Waals surface area contributed by atoms with Crippen LogP contribution in [0.3, 0.4) is 0 Å². The average Bonchev–Trinajstić information content (AvgIpc) is 2.16. The lowest BCUT2D eigenvalue weighted by Gasteiger charge is -2.08. The Balaban J connectivity index is 2.85. The Bertz CT molecular complexity index is 297. The van der Waals surface area contributed by atoms with Crippen LogP contribution >= 0.6 is 15.9 Å². The van der Waals surface area contributed by atoms with Gasteiger partial charge in [0.15, 0.2) is 0 Å². The second-order valence-corrected chi connectivity index (χ2v) is 3.43. The molecule has 0 fully saturated rings. The minimum absolute atomic E-state index is 0.0219. The smallest absolute Gasteiger partial charge is 0.125 e. The van der Waals surface area contributed by atoms with Gasteiger partial charge in [0.2, 0.25) is 0 Å². The summed E-state index contributed by atoms with van der Waals surface area (Å²) in [6.07, 6.45) is 1.67. The van der Waals surface area contributed by atoms with Crippen LogP contribution in [0, 0.1) is 0 Å². The average molecular weight is 243 g/mol. The Labute approximate surface area is 86.0 Å². The molecular weight excluding hydrogens is 232 g/mol. The summed E-state index contributed by atoms with van der Waals surface area (Å²) in [7, 11) is 0. The first-order valence-corrected chi connectivity index (χ1v) is 4.70. The van der Waals surface area contributed by atoms with Gasteiger partial charge in [-0.25, -0.2) is 0 Å². The van der Waals surface area contributed by atoms with Crippen LogP contribution in [0.1, 0.15) is 5.56 Å². The van der Waals surface area contributed by atoms with Crippen LogP contribution < -0.4 is 4.74 Å². The van der Waals surface area contributed by atoms with Gasteiger partial charge in [-0.3, -0.25) is 0 Å². The van der Waals surface area contributed by atoms with Crippen LogP contribution in [0.15, 0.2) is 35.3 Å². The van der Waals surface area contributed by atoms with E-state index in [1.165, 1.54) is 0 Å². The molecule has 0 unspecified atom stereocenters. The van der Waals surface area contributed by atoms with E-state index in [2.05, 4.69) is 22.5 Å². The molecule has 1 aromatic carbocycles. The Morgan fingerprint density at radius 1 is 1.54 bits per heavy atom. The van der Waals surface area contributed by atoms with Crippen molar-refractivity contribution in [2.24, 2.45) is 0 Å². The molecule has 0 spiro atoms. The number of rotatable bonds is 4. The molecule has 70 valence electrons. The second kappa shape index (κ2) is 5.04. The van der Waals surface area contributed by atoms with Gasteiger partial charge >= 0.3 is 0 Å². The van der Waals surface area contributed by atoms with Crippen molar-refractivity contribution in [3.8, 4) is 5.75 Å². The lowest BCUT2D eigenvalue weighted by molar-refractivity contribution is 0.270. The molecule has 3 heteroatoms. The summed E-state index contributed by atoms with van der Waals surface area (Å²) in [6.45, 7) is 3.98.